The molecule has 0 aliphatic heterocycles. The third-order valence-corrected chi connectivity index (χ3v) is 4.50. The number of benzene rings is 2. The van der Waals surface area contributed by atoms with Gasteiger partial charge in [-0.1, -0.05) is 55.8 Å². The number of rotatable bonds is 6. The van der Waals surface area contributed by atoms with Crippen LogP contribution in [-0.4, -0.2) is 13.3 Å². The van der Waals surface area contributed by atoms with Gasteiger partial charge in [0.2, 0.25) is 0 Å². The van der Waals surface area contributed by atoms with Crippen LogP contribution < -0.4 is 4.74 Å². The van der Waals surface area contributed by atoms with Gasteiger partial charge >= 0.3 is 6.16 Å². The largest absolute Gasteiger partial charge is 0.513 e. The first-order valence-corrected chi connectivity index (χ1v) is 8.45. The molecule has 0 N–H and O–H groups in total. The molecule has 0 bridgehead atoms. The van der Waals surface area contributed by atoms with E-state index in [0.717, 1.165) is 12.8 Å². The van der Waals surface area contributed by atoms with Crippen LogP contribution in [-0.2, 0) is 4.74 Å². The van der Waals surface area contributed by atoms with E-state index in [1.807, 2.05) is 24.3 Å². The molecule has 3 nitrogen and oxygen atoms in total. The zero-order chi connectivity index (χ0) is 17.5. The van der Waals surface area contributed by atoms with E-state index >= 15 is 0 Å². The molecule has 2 aromatic rings. The third kappa shape index (κ3) is 4.85. The van der Waals surface area contributed by atoms with Crippen LogP contribution in [0.25, 0.3) is 0 Å². The molecule has 0 aromatic heterocycles. The number of methoxy groups -OCH3 is 1. The number of hydrogen-bond acceptors (Lipinski definition) is 3. The molecule has 0 amide bonds. The van der Waals surface area contributed by atoms with Crippen LogP contribution in [0.1, 0.15) is 55.2 Å². The number of hydrogen-bond donors (Lipinski definition) is 0. The fourth-order valence-electron chi connectivity index (χ4n) is 2.94. The smallest absolute Gasteiger partial charge is 0.437 e. The Morgan fingerprint density at radius 2 is 1.58 bits per heavy atom. The van der Waals surface area contributed by atoms with Gasteiger partial charge in [0.1, 0.15) is 5.75 Å². The van der Waals surface area contributed by atoms with Crippen molar-refractivity contribution in [3.8, 4) is 5.75 Å². The Morgan fingerprint density at radius 1 is 1.00 bits per heavy atom. The summed E-state index contributed by atoms with van der Waals surface area (Å²) in [6, 6.07) is 16.5. The molecule has 2 unspecified atom stereocenters. The molecule has 0 spiro atoms. The molecule has 2 aromatic carbocycles. The van der Waals surface area contributed by atoms with Gasteiger partial charge < -0.3 is 9.47 Å². The van der Waals surface area contributed by atoms with Crippen LogP contribution in [0.3, 0.4) is 0 Å². The molecule has 2 rings (SSSR count). The van der Waals surface area contributed by atoms with Gasteiger partial charge in [-0.2, -0.15) is 0 Å². The second kappa shape index (κ2) is 8.53. The first kappa shape index (κ1) is 18.1. The van der Waals surface area contributed by atoms with E-state index in [1.165, 1.54) is 23.8 Å². The maximum absolute atomic E-state index is 11.1. The second-order valence-electron chi connectivity index (χ2n) is 6.28. The van der Waals surface area contributed by atoms with Crippen molar-refractivity contribution in [3.63, 3.8) is 0 Å². The van der Waals surface area contributed by atoms with Crippen LogP contribution in [0.15, 0.2) is 48.5 Å². The highest BCUT2D eigenvalue weighted by Crippen LogP contribution is 2.32. The summed E-state index contributed by atoms with van der Waals surface area (Å²) >= 11 is 0. The lowest BCUT2D eigenvalue weighted by Gasteiger charge is -2.21. The fraction of sp³-hybridized carbons (Fsp3) is 0.381. The number of ether oxygens (including phenoxy) is 2. The van der Waals surface area contributed by atoms with Gasteiger partial charge in [0.15, 0.2) is 0 Å². The zero-order valence-corrected chi connectivity index (χ0v) is 14.9. The van der Waals surface area contributed by atoms with Crippen molar-refractivity contribution < 1.29 is 14.3 Å². The highest BCUT2D eigenvalue weighted by Gasteiger charge is 2.15. The summed E-state index contributed by atoms with van der Waals surface area (Å²) in [6.45, 7) is 6.60. The minimum Gasteiger partial charge on any atom is -0.437 e. The Morgan fingerprint density at radius 3 is 2.12 bits per heavy atom. The molecule has 2 atom stereocenters. The summed E-state index contributed by atoms with van der Waals surface area (Å²) in [6.07, 6.45) is 1.52. The molecule has 0 aliphatic carbocycles. The predicted octanol–water partition coefficient (Wildman–Crippen LogP) is 5.83. The van der Waals surface area contributed by atoms with Crippen molar-refractivity contribution in [2.75, 3.05) is 7.11 Å². The summed E-state index contributed by atoms with van der Waals surface area (Å²) in [5.74, 6) is 1.48. The van der Waals surface area contributed by atoms with Gasteiger partial charge in [0.05, 0.1) is 7.11 Å². The Bertz CT molecular complexity index is 644. The average molecular weight is 326 g/mol. The molecule has 0 heterocycles. The zero-order valence-electron chi connectivity index (χ0n) is 14.9. The number of aryl methyl sites for hydroxylation is 1. The SMILES string of the molecule is CCC(CC(C)c1ccc(OC(=O)OC)cc1)c1ccc(C)cc1. The van der Waals surface area contributed by atoms with E-state index < -0.39 is 6.16 Å². The average Bonchev–Trinajstić information content (AvgIpc) is 2.60. The quantitative estimate of drug-likeness (QED) is 0.495. The van der Waals surface area contributed by atoms with Gasteiger partial charge in [-0.3, -0.25) is 0 Å². The van der Waals surface area contributed by atoms with Gasteiger partial charge in [-0.05, 0) is 54.9 Å². The fourth-order valence-corrected chi connectivity index (χ4v) is 2.94. The molecule has 0 fully saturated rings. The van der Waals surface area contributed by atoms with E-state index in [1.54, 1.807) is 0 Å². The molecular formula is C21H26O3. The van der Waals surface area contributed by atoms with Crippen LogP contribution in [0.2, 0.25) is 0 Å². The third-order valence-electron chi connectivity index (χ3n) is 4.50. The number of carbonyl (C=O) groups excluding carboxylic acids is 1. The van der Waals surface area contributed by atoms with Crippen molar-refractivity contribution in [1.29, 1.82) is 0 Å². The lowest BCUT2D eigenvalue weighted by atomic mass is 9.84. The lowest BCUT2D eigenvalue weighted by Crippen LogP contribution is -2.07. The second-order valence-corrected chi connectivity index (χ2v) is 6.28. The van der Waals surface area contributed by atoms with Gasteiger partial charge in [0, 0.05) is 0 Å². The molecule has 0 saturated heterocycles. The van der Waals surface area contributed by atoms with Crippen molar-refractivity contribution in [2.45, 2.75) is 45.4 Å². The number of carbonyl (C=O) groups is 1. The maximum atomic E-state index is 11.1. The van der Waals surface area contributed by atoms with E-state index in [0.29, 0.717) is 17.6 Å². The lowest BCUT2D eigenvalue weighted by molar-refractivity contribution is 0.121. The highest BCUT2D eigenvalue weighted by molar-refractivity contribution is 5.63. The maximum Gasteiger partial charge on any atom is 0.513 e. The standard InChI is InChI=1S/C21H26O3/c1-5-17(19-8-6-15(2)7-9-19)14-16(3)18-10-12-20(13-11-18)24-21(22)23-4/h6-13,16-17H,5,14H2,1-4H3. The van der Waals surface area contributed by atoms with Crippen LogP contribution >= 0.6 is 0 Å². The van der Waals surface area contributed by atoms with E-state index in [2.05, 4.69) is 49.8 Å². The van der Waals surface area contributed by atoms with Gasteiger partial charge in [-0.15, -0.1) is 0 Å². The minimum atomic E-state index is -0.693. The Balaban J connectivity index is 2.03. The molecule has 24 heavy (non-hydrogen) atoms. The molecule has 3 heteroatoms. The predicted molar refractivity (Wildman–Crippen MR) is 96.7 cm³/mol. The van der Waals surface area contributed by atoms with Crippen LogP contribution in [0.5, 0.6) is 5.75 Å². The van der Waals surface area contributed by atoms with Crippen molar-refractivity contribution in [1.82, 2.24) is 0 Å². The Kier molecular flexibility index (Phi) is 6.42. The Labute approximate surface area is 144 Å². The van der Waals surface area contributed by atoms with Crippen LogP contribution in [0, 0.1) is 6.92 Å². The monoisotopic (exact) mass is 326 g/mol. The van der Waals surface area contributed by atoms with E-state index in [-0.39, 0.29) is 0 Å². The molecule has 0 saturated carbocycles. The normalized spacial score (nSPS) is 13.2. The Hall–Kier alpha value is -2.29. The summed E-state index contributed by atoms with van der Waals surface area (Å²) in [5.41, 5.74) is 3.95. The molecular weight excluding hydrogens is 300 g/mol. The summed E-state index contributed by atoms with van der Waals surface area (Å²) in [4.78, 5) is 11.1. The van der Waals surface area contributed by atoms with E-state index in [9.17, 15) is 4.79 Å². The summed E-state index contributed by atoms with van der Waals surface area (Å²) in [5, 5.41) is 0. The van der Waals surface area contributed by atoms with E-state index in [4.69, 9.17) is 4.74 Å². The molecule has 0 aliphatic rings. The minimum absolute atomic E-state index is 0.434. The van der Waals surface area contributed by atoms with Crippen molar-refractivity contribution >= 4 is 6.16 Å². The highest BCUT2D eigenvalue weighted by atomic mass is 16.7. The first-order chi connectivity index (χ1) is 11.5. The topological polar surface area (TPSA) is 35.5 Å². The summed E-state index contributed by atoms with van der Waals surface area (Å²) in [7, 11) is 1.30. The summed E-state index contributed by atoms with van der Waals surface area (Å²) < 4.78 is 9.52. The van der Waals surface area contributed by atoms with Gasteiger partial charge in [0.25, 0.3) is 0 Å². The first-order valence-electron chi connectivity index (χ1n) is 8.45. The van der Waals surface area contributed by atoms with Crippen molar-refractivity contribution in [3.05, 3.63) is 65.2 Å². The molecule has 128 valence electrons. The van der Waals surface area contributed by atoms with Crippen molar-refractivity contribution in [2.24, 2.45) is 0 Å². The molecule has 0 radical (unpaired) electrons. The van der Waals surface area contributed by atoms with Gasteiger partial charge in [-0.25, -0.2) is 4.79 Å². The van der Waals surface area contributed by atoms with Crippen LogP contribution in [0.4, 0.5) is 4.79 Å².